The topological polar surface area (TPSA) is 29.1 Å². The molecule has 16 heavy (non-hydrogen) atoms. The van der Waals surface area contributed by atoms with E-state index in [0.29, 0.717) is 12.1 Å². The number of aryl methyl sites for hydroxylation is 1. The Kier molecular flexibility index (Phi) is 3.22. The Morgan fingerprint density at radius 2 is 2.25 bits per heavy atom. The number of halogens is 1. The van der Waals surface area contributed by atoms with E-state index in [1.54, 1.807) is 19.1 Å². The average molecular weight is 221 g/mol. The minimum Gasteiger partial charge on any atom is -0.352 e. The first-order chi connectivity index (χ1) is 7.68. The maximum absolute atomic E-state index is 13.6. The van der Waals surface area contributed by atoms with Crippen LogP contribution in [0.2, 0.25) is 0 Å². The molecule has 2 rings (SSSR count). The first kappa shape index (κ1) is 11.1. The van der Waals surface area contributed by atoms with E-state index in [-0.39, 0.29) is 11.5 Å². The molecule has 0 radical (unpaired) electrons. The predicted octanol–water partition coefficient (Wildman–Crippen LogP) is 2.66. The third-order valence-electron chi connectivity index (χ3n) is 2.97. The molecule has 0 aromatic heterocycles. The van der Waals surface area contributed by atoms with E-state index in [1.165, 1.54) is 18.9 Å². The van der Waals surface area contributed by atoms with Crippen LogP contribution in [0.4, 0.5) is 4.39 Å². The highest BCUT2D eigenvalue weighted by molar-refractivity contribution is 5.94. The van der Waals surface area contributed by atoms with Crippen LogP contribution in [0.25, 0.3) is 0 Å². The van der Waals surface area contributed by atoms with Crippen molar-refractivity contribution in [3.63, 3.8) is 0 Å². The summed E-state index contributed by atoms with van der Waals surface area (Å²) in [6.07, 6.45) is 3.56. The van der Waals surface area contributed by atoms with Crippen molar-refractivity contribution in [3.8, 4) is 0 Å². The van der Waals surface area contributed by atoms with Crippen LogP contribution in [-0.4, -0.2) is 12.5 Å². The van der Waals surface area contributed by atoms with Gasteiger partial charge in [0.25, 0.3) is 5.91 Å². The zero-order valence-corrected chi connectivity index (χ0v) is 9.42. The van der Waals surface area contributed by atoms with Crippen LogP contribution in [0.5, 0.6) is 0 Å². The van der Waals surface area contributed by atoms with E-state index in [2.05, 4.69) is 5.32 Å². The lowest BCUT2D eigenvalue weighted by molar-refractivity contribution is 0.0948. The molecule has 0 heterocycles. The molecule has 0 bridgehead atoms. The maximum atomic E-state index is 13.6. The summed E-state index contributed by atoms with van der Waals surface area (Å²) in [6, 6.07) is 4.89. The van der Waals surface area contributed by atoms with E-state index in [9.17, 15) is 9.18 Å². The quantitative estimate of drug-likeness (QED) is 0.832. The molecule has 0 saturated heterocycles. The Balaban J connectivity index is 1.93. The first-order valence-electron chi connectivity index (χ1n) is 5.72. The molecule has 0 spiro atoms. The number of benzene rings is 1. The van der Waals surface area contributed by atoms with Gasteiger partial charge in [0, 0.05) is 6.54 Å². The SMILES string of the molecule is Cc1cccc(C(=O)NCCC2CC2)c1F. The molecule has 1 amide bonds. The van der Waals surface area contributed by atoms with Crippen molar-refractivity contribution < 1.29 is 9.18 Å². The van der Waals surface area contributed by atoms with Gasteiger partial charge in [-0.1, -0.05) is 25.0 Å². The number of nitrogens with one attached hydrogen (secondary N) is 1. The Morgan fingerprint density at radius 1 is 1.50 bits per heavy atom. The molecule has 86 valence electrons. The predicted molar refractivity (Wildman–Crippen MR) is 60.8 cm³/mol. The second kappa shape index (κ2) is 4.64. The third-order valence-corrected chi connectivity index (χ3v) is 2.97. The first-order valence-corrected chi connectivity index (χ1v) is 5.72. The molecule has 1 saturated carbocycles. The van der Waals surface area contributed by atoms with Crippen molar-refractivity contribution in [2.75, 3.05) is 6.54 Å². The van der Waals surface area contributed by atoms with E-state index >= 15 is 0 Å². The minimum absolute atomic E-state index is 0.149. The zero-order chi connectivity index (χ0) is 11.5. The summed E-state index contributed by atoms with van der Waals surface area (Å²) in [7, 11) is 0. The van der Waals surface area contributed by atoms with Gasteiger partial charge in [-0.05, 0) is 30.9 Å². The Morgan fingerprint density at radius 3 is 2.94 bits per heavy atom. The van der Waals surface area contributed by atoms with Gasteiger partial charge in [0.15, 0.2) is 0 Å². The molecular formula is C13H16FNO. The van der Waals surface area contributed by atoms with Crippen LogP contribution in [0, 0.1) is 18.7 Å². The zero-order valence-electron chi connectivity index (χ0n) is 9.42. The molecular weight excluding hydrogens is 205 g/mol. The van der Waals surface area contributed by atoms with E-state index in [4.69, 9.17) is 0 Å². The summed E-state index contributed by atoms with van der Waals surface area (Å²) in [6.45, 7) is 2.31. The van der Waals surface area contributed by atoms with Gasteiger partial charge in [0.05, 0.1) is 5.56 Å². The Hall–Kier alpha value is -1.38. The molecule has 1 aliphatic carbocycles. The molecule has 1 aliphatic rings. The molecule has 1 fully saturated rings. The summed E-state index contributed by atoms with van der Waals surface area (Å²) in [5, 5.41) is 2.76. The van der Waals surface area contributed by atoms with Crippen molar-refractivity contribution >= 4 is 5.91 Å². The second-order valence-corrected chi connectivity index (χ2v) is 4.42. The largest absolute Gasteiger partial charge is 0.352 e. The Bertz CT molecular complexity index is 399. The van der Waals surface area contributed by atoms with Crippen LogP contribution in [0.3, 0.4) is 0 Å². The van der Waals surface area contributed by atoms with Crippen LogP contribution in [0.15, 0.2) is 18.2 Å². The lowest BCUT2D eigenvalue weighted by atomic mass is 10.1. The third kappa shape index (κ3) is 2.60. The lowest BCUT2D eigenvalue weighted by Crippen LogP contribution is -2.25. The monoisotopic (exact) mass is 221 g/mol. The summed E-state index contributed by atoms with van der Waals surface area (Å²) in [5.41, 5.74) is 0.658. The van der Waals surface area contributed by atoms with Crippen LogP contribution in [-0.2, 0) is 0 Å². The number of rotatable bonds is 4. The van der Waals surface area contributed by atoms with Crippen molar-refractivity contribution in [1.29, 1.82) is 0 Å². The van der Waals surface area contributed by atoms with Crippen molar-refractivity contribution in [1.82, 2.24) is 5.32 Å². The molecule has 1 aromatic carbocycles. The molecule has 3 heteroatoms. The molecule has 0 atom stereocenters. The highest BCUT2D eigenvalue weighted by Gasteiger charge is 2.21. The number of hydrogen-bond acceptors (Lipinski definition) is 1. The average Bonchev–Trinajstić information content (AvgIpc) is 3.06. The van der Waals surface area contributed by atoms with Crippen LogP contribution < -0.4 is 5.32 Å². The van der Waals surface area contributed by atoms with Gasteiger partial charge < -0.3 is 5.32 Å². The van der Waals surface area contributed by atoms with Gasteiger partial charge >= 0.3 is 0 Å². The summed E-state index contributed by atoms with van der Waals surface area (Å²) >= 11 is 0. The van der Waals surface area contributed by atoms with Crippen molar-refractivity contribution in [2.45, 2.75) is 26.2 Å². The number of amides is 1. The molecule has 0 aliphatic heterocycles. The van der Waals surface area contributed by atoms with Crippen LogP contribution in [0.1, 0.15) is 35.2 Å². The standard InChI is InChI=1S/C13H16FNO/c1-9-3-2-4-11(12(9)14)13(16)15-8-7-10-5-6-10/h2-4,10H,5-8H2,1H3,(H,15,16). The van der Waals surface area contributed by atoms with Gasteiger partial charge in [0.1, 0.15) is 5.82 Å². The van der Waals surface area contributed by atoms with Gasteiger partial charge in [0.2, 0.25) is 0 Å². The van der Waals surface area contributed by atoms with Crippen LogP contribution >= 0.6 is 0 Å². The number of carbonyl (C=O) groups is 1. The fourth-order valence-electron chi connectivity index (χ4n) is 1.71. The molecule has 0 unspecified atom stereocenters. The van der Waals surface area contributed by atoms with E-state index < -0.39 is 5.82 Å². The number of carbonyl (C=O) groups excluding carboxylic acids is 1. The lowest BCUT2D eigenvalue weighted by Gasteiger charge is -2.06. The second-order valence-electron chi connectivity index (χ2n) is 4.42. The van der Waals surface area contributed by atoms with Gasteiger partial charge in [-0.3, -0.25) is 4.79 Å². The minimum atomic E-state index is -0.411. The van der Waals surface area contributed by atoms with E-state index in [0.717, 1.165) is 12.3 Å². The van der Waals surface area contributed by atoms with E-state index in [1.807, 2.05) is 0 Å². The van der Waals surface area contributed by atoms with Crippen molar-refractivity contribution in [3.05, 3.63) is 35.1 Å². The Labute approximate surface area is 94.9 Å². The fraction of sp³-hybridized carbons (Fsp3) is 0.462. The van der Waals surface area contributed by atoms with Gasteiger partial charge in [-0.2, -0.15) is 0 Å². The fourth-order valence-corrected chi connectivity index (χ4v) is 1.71. The van der Waals surface area contributed by atoms with Gasteiger partial charge in [-0.15, -0.1) is 0 Å². The van der Waals surface area contributed by atoms with Gasteiger partial charge in [-0.25, -0.2) is 4.39 Å². The number of hydrogen-bond donors (Lipinski definition) is 1. The molecule has 2 nitrogen and oxygen atoms in total. The molecule has 1 aromatic rings. The highest BCUT2D eigenvalue weighted by Crippen LogP contribution is 2.31. The smallest absolute Gasteiger partial charge is 0.254 e. The summed E-state index contributed by atoms with van der Waals surface area (Å²) in [4.78, 5) is 11.7. The normalized spacial score (nSPS) is 14.9. The van der Waals surface area contributed by atoms with Crippen molar-refractivity contribution in [2.24, 2.45) is 5.92 Å². The molecule has 1 N–H and O–H groups in total. The highest BCUT2D eigenvalue weighted by atomic mass is 19.1. The summed E-state index contributed by atoms with van der Waals surface area (Å²) in [5.74, 6) is 0.0657. The summed E-state index contributed by atoms with van der Waals surface area (Å²) < 4.78 is 13.6. The maximum Gasteiger partial charge on any atom is 0.254 e.